The number of para-hydroxylation sites is 1. The molecule has 0 radical (unpaired) electrons. The molecule has 102 valence electrons. The largest absolute Gasteiger partial charge is 0.338 e. The molecule has 0 spiro atoms. The van der Waals surface area contributed by atoms with Crippen molar-refractivity contribution >= 4 is 10.9 Å². The highest BCUT2D eigenvalue weighted by Gasteiger charge is 2.28. The summed E-state index contributed by atoms with van der Waals surface area (Å²) in [5.74, 6) is 2.04. The minimum Gasteiger partial charge on any atom is -0.338 e. The first kappa shape index (κ1) is 11.7. The van der Waals surface area contributed by atoms with Gasteiger partial charge < -0.3 is 14.8 Å². The first-order valence-corrected chi connectivity index (χ1v) is 6.94. The molecule has 1 saturated carbocycles. The minimum atomic E-state index is 0.522. The molecule has 0 bridgehead atoms. The van der Waals surface area contributed by atoms with Crippen LogP contribution in [-0.2, 0) is 13.1 Å². The van der Waals surface area contributed by atoms with Crippen molar-refractivity contribution in [1.29, 1.82) is 0 Å². The van der Waals surface area contributed by atoms with Gasteiger partial charge in [0.05, 0.1) is 0 Å². The molecule has 0 saturated heterocycles. The summed E-state index contributed by atoms with van der Waals surface area (Å²) in [7, 11) is 0. The van der Waals surface area contributed by atoms with Crippen LogP contribution in [0.2, 0.25) is 0 Å². The Labute approximate surface area is 116 Å². The normalized spacial score (nSPS) is 15.1. The Bertz CT molecular complexity index is 754. The smallest absolute Gasteiger partial charge is 0.246 e. The first-order valence-electron chi connectivity index (χ1n) is 6.94. The van der Waals surface area contributed by atoms with E-state index in [-0.39, 0.29) is 0 Å². The number of hydrogen-bond donors (Lipinski definition) is 1. The zero-order valence-corrected chi connectivity index (χ0v) is 11.1. The van der Waals surface area contributed by atoms with Gasteiger partial charge >= 0.3 is 0 Å². The fourth-order valence-corrected chi connectivity index (χ4v) is 2.60. The summed E-state index contributed by atoms with van der Waals surface area (Å²) in [5.41, 5.74) is 8.10. The molecule has 3 aromatic rings. The number of benzene rings is 1. The second-order valence-corrected chi connectivity index (χ2v) is 5.32. The average Bonchev–Trinajstić information content (AvgIpc) is 3.13. The first-order chi connectivity index (χ1) is 9.85. The number of aromatic nitrogens is 3. The van der Waals surface area contributed by atoms with Crippen LogP contribution in [0.25, 0.3) is 10.9 Å². The van der Waals surface area contributed by atoms with Crippen LogP contribution in [0.4, 0.5) is 0 Å². The molecule has 1 aliphatic rings. The van der Waals surface area contributed by atoms with Crippen LogP contribution in [0.5, 0.6) is 0 Å². The third-order valence-corrected chi connectivity index (χ3v) is 3.82. The molecular formula is C15H16N4O. The Hall–Kier alpha value is -2.14. The molecule has 2 heterocycles. The molecule has 5 heteroatoms. The number of hydrogen-bond acceptors (Lipinski definition) is 4. The van der Waals surface area contributed by atoms with Gasteiger partial charge in [-0.25, -0.2) is 0 Å². The van der Waals surface area contributed by atoms with Crippen molar-refractivity contribution in [2.75, 3.05) is 0 Å². The van der Waals surface area contributed by atoms with Gasteiger partial charge in [-0.15, -0.1) is 0 Å². The maximum absolute atomic E-state index is 5.81. The van der Waals surface area contributed by atoms with E-state index < -0.39 is 0 Å². The summed E-state index contributed by atoms with van der Waals surface area (Å²) >= 11 is 0. The van der Waals surface area contributed by atoms with Crippen molar-refractivity contribution in [2.24, 2.45) is 5.73 Å². The van der Waals surface area contributed by atoms with Crippen LogP contribution in [0.3, 0.4) is 0 Å². The van der Waals surface area contributed by atoms with Gasteiger partial charge in [-0.1, -0.05) is 23.4 Å². The molecule has 2 N–H and O–H groups in total. The number of rotatable bonds is 4. The molecule has 1 aromatic carbocycles. The van der Waals surface area contributed by atoms with Gasteiger partial charge in [-0.05, 0) is 24.5 Å². The predicted octanol–water partition coefficient (Wildman–Crippen LogP) is 2.41. The predicted molar refractivity (Wildman–Crippen MR) is 75.2 cm³/mol. The molecule has 5 nitrogen and oxygen atoms in total. The van der Waals surface area contributed by atoms with Crippen LogP contribution in [-0.4, -0.2) is 14.7 Å². The standard InChI is InChI=1S/C15H16N4O/c16-7-11-8-19(13-4-2-1-3-12(11)13)9-14-17-15(18-20-14)10-5-6-10/h1-4,8,10H,5-7,9,16H2. The van der Waals surface area contributed by atoms with Crippen molar-refractivity contribution < 1.29 is 4.52 Å². The maximum atomic E-state index is 5.81. The maximum Gasteiger partial charge on any atom is 0.246 e. The van der Waals surface area contributed by atoms with E-state index in [1.807, 2.05) is 12.1 Å². The van der Waals surface area contributed by atoms with E-state index >= 15 is 0 Å². The molecule has 4 rings (SSSR count). The molecule has 2 aromatic heterocycles. The summed E-state index contributed by atoms with van der Waals surface area (Å²) in [4.78, 5) is 4.48. The molecule has 0 aliphatic heterocycles. The van der Waals surface area contributed by atoms with E-state index in [4.69, 9.17) is 10.3 Å². The van der Waals surface area contributed by atoms with Crippen LogP contribution >= 0.6 is 0 Å². The molecule has 1 aliphatic carbocycles. The van der Waals surface area contributed by atoms with Crippen LogP contribution < -0.4 is 5.73 Å². The van der Waals surface area contributed by atoms with E-state index in [9.17, 15) is 0 Å². The fraction of sp³-hybridized carbons (Fsp3) is 0.333. The molecule has 20 heavy (non-hydrogen) atoms. The molecule has 0 unspecified atom stereocenters. The Kier molecular flexibility index (Phi) is 2.60. The summed E-state index contributed by atoms with van der Waals surface area (Å²) in [6, 6.07) is 8.25. The van der Waals surface area contributed by atoms with Gasteiger partial charge in [0.15, 0.2) is 5.82 Å². The zero-order valence-electron chi connectivity index (χ0n) is 11.1. The van der Waals surface area contributed by atoms with Gasteiger partial charge in [-0.2, -0.15) is 4.98 Å². The summed E-state index contributed by atoms with van der Waals surface area (Å²) in [5, 5.41) is 5.25. The summed E-state index contributed by atoms with van der Waals surface area (Å²) in [6.45, 7) is 1.13. The molecule has 1 fully saturated rings. The highest BCUT2D eigenvalue weighted by molar-refractivity contribution is 5.83. The van der Waals surface area contributed by atoms with E-state index in [0.29, 0.717) is 24.9 Å². The molecule has 0 atom stereocenters. The van der Waals surface area contributed by atoms with Crippen LogP contribution in [0.15, 0.2) is 35.0 Å². The third kappa shape index (κ3) is 1.91. The Morgan fingerprint density at radius 2 is 2.15 bits per heavy atom. The third-order valence-electron chi connectivity index (χ3n) is 3.82. The van der Waals surface area contributed by atoms with Crippen molar-refractivity contribution in [3.8, 4) is 0 Å². The van der Waals surface area contributed by atoms with E-state index in [1.54, 1.807) is 0 Å². The monoisotopic (exact) mass is 268 g/mol. The van der Waals surface area contributed by atoms with Crippen molar-refractivity contribution in [3.63, 3.8) is 0 Å². The lowest BCUT2D eigenvalue weighted by Crippen LogP contribution is -1.99. The number of fused-ring (bicyclic) bond motifs is 1. The Morgan fingerprint density at radius 3 is 2.95 bits per heavy atom. The fourth-order valence-electron chi connectivity index (χ4n) is 2.60. The second kappa shape index (κ2) is 4.45. The molecule has 0 amide bonds. The highest BCUT2D eigenvalue weighted by Crippen LogP contribution is 2.38. The zero-order chi connectivity index (χ0) is 13.5. The summed E-state index contributed by atoms with van der Waals surface area (Å²) in [6.07, 6.45) is 4.44. The van der Waals surface area contributed by atoms with E-state index in [2.05, 4.69) is 33.0 Å². The number of nitrogens with zero attached hydrogens (tertiary/aromatic N) is 3. The molecular weight excluding hydrogens is 252 g/mol. The Morgan fingerprint density at radius 1 is 1.30 bits per heavy atom. The van der Waals surface area contributed by atoms with Crippen molar-refractivity contribution in [3.05, 3.63) is 47.7 Å². The van der Waals surface area contributed by atoms with Crippen molar-refractivity contribution in [2.45, 2.75) is 31.8 Å². The lowest BCUT2D eigenvalue weighted by atomic mass is 10.2. The minimum absolute atomic E-state index is 0.522. The van der Waals surface area contributed by atoms with Crippen molar-refractivity contribution in [1.82, 2.24) is 14.7 Å². The lowest BCUT2D eigenvalue weighted by molar-refractivity contribution is 0.367. The van der Waals surface area contributed by atoms with Gasteiger partial charge in [0.2, 0.25) is 5.89 Å². The van der Waals surface area contributed by atoms with Gasteiger partial charge in [0.1, 0.15) is 6.54 Å². The van der Waals surface area contributed by atoms with Gasteiger partial charge in [0.25, 0.3) is 0 Å². The van der Waals surface area contributed by atoms with E-state index in [0.717, 1.165) is 16.9 Å². The van der Waals surface area contributed by atoms with Crippen LogP contribution in [0.1, 0.15) is 36.0 Å². The SMILES string of the molecule is NCc1cn(Cc2nc(C3CC3)no2)c2ccccc12. The number of nitrogens with two attached hydrogens (primary N) is 1. The topological polar surface area (TPSA) is 69.9 Å². The highest BCUT2D eigenvalue weighted by atomic mass is 16.5. The summed E-state index contributed by atoms with van der Waals surface area (Å²) < 4.78 is 7.48. The average molecular weight is 268 g/mol. The quantitative estimate of drug-likeness (QED) is 0.788. The lowest BCUT2D eigenvalue weighted by Gasteiger charge is -2.00. The van der Waals surface area contributed by atoms with Crippen LogP contribution in [0, 0.1) is 0 Å². The van der Waals surface area contributed by atoms with Gasteiger partial charge in [0, 0.05) is 29.6 Å². The Balaban J connectivity index is 1.70. The van der Waals surface area contributed by atoms with E-state index in [1.165, 1.54) is 18.2 Å². The second-order valence-electron chi connectivity index (χ2n) is 5.32. The van der Waals surface area contributed by atoms with Gasteiger partial charge in [-0.3, -0.25) is 0 Å².